The molecule has 0 aliphatic rings. The highest BCUT2D eigenvalue weighted by Crippen LogP contribution is 2.42. The topological polar surface area (TPSA) is 72.2 Å². The number of quaternary nitrogens is 1. The number of nitrogens with one attached hydrogen (secondary N) is 1. The normalized spacial score (nSPS) is 11.2. The SMILES string of the molecule is CC[N+](C)(CC)c1cc([N+](=O)[O-])sc1NC=O. The molecule has 0 aliphatic carbocycles. The van der Waals surface area contributed by atoms with Crippen LogP contribution in [0.4, 0.5) is 15.7 Å². The van der Waals surface area contributed by atoms with Crippen LogP contribution in [0.15, 0.2) is 6.07 Å². The second-order valence-electron chi connectivity index (χ2n) is 3.85. The van der Waals surface area contributed by atoms with Crippen LogP contribution in [0, 0.1) is 10.1 Å². The molecule has 1 N–H and O–H groups in total. The van der Waals surface area contributed by atoms with Gasteiger partial charge in [0, 0.05) is 0 Å². The fourth-order valence-corrected chi connectivity index (χ4v) is 2.53. The molecule has 0 radical (unpaired) electrons. The van der Waals surface area contributed by atoms with Gasteiger partial charge in [-0.25, -0.2) is 0 Å². The molecule has 0 aromatic carbocycles. The summed E-state index contributed by atoms with van der Waals surface area (Å²) in [6, 6.07) is 1.55. The number of carbonyl (C=O) groups is 1. The van der Waals surface area contributed by atoms with Gasteiger partial charge in [-0.05, 0) is 25.2 Å². The van der Waals surface area contributed by atoms with Crippen molar-refractivity contribution < 1.29 is 9.72 Å². The molecule has 0 fully saturated rings. The molecule has 1 aromatic rings. The molecule has 1 aromatic heterocycles. The monoisotopic (exact) mass is 258 g/mol. The van der Waals surface area contributed by atoms with E-state index < -0.39 is 4.92 Å². The van der Waals surface area contributed by atoms with E-state index in [0.29, 0.717) is 15.9 Å². The maximum atomic E-state index is 10.8. The lowest BCUT2D eigenvalue weighted by Gasteiger charge is -2.30. The van der Waals surface area contributed by atoms with Crippen molar-refractivity contribution in [2.45, 2.75) is 13.8 Å². The Morgan fingerprint density at radius 1 is 1.53 bits per heavy atom. The van der Waals surface area contributed by atoms with Crippen molar-refractivity contribution >= 4 is 33.4 Å². The van der Waals surface area contributed by atoms with Crippen LogP contribution in [0.5, 0.6) is 0 Å². The summed E-state index contributed by atoms with van der Waals surface area (Å²) < 4.78 is 0.556. The standard InChI is InChI=1S/C10H15N3O3S/c1-4-13(3,5-2)8-6-9(12(15)16)17-10(8)11-7-14/h6-7H,4-5H2,1-3H3/p+1. The van der Waals surface area contributed by atoms with Gasteiger partial charge in [0.1, 0.15) is 0 Å². The number of thiophene rings is 1. The minimum Gasteiger partial charge on any atom is -0.315 e. The van der Waals surface area contributed by atoms with Crippen molar-refractivity contribution in [2.75, 3.05) is 25.5 Å². The Kier molecular flexibility index (Phi) is 4.19. The summed E-state index contributed by atoms with van der Waals surface area (Å²) in [4.78, 5) is 20.9. The van der Waals surface area contributed by atoms with Crippen LogP contribution >= 0.6 is 11.3 Å². The molecular weight excluding hydrogens is 242 g/mol. The summed E-state index contributed by atoms with van der Waals surface area (Å²) >= 11 is 0.993. The summed E-state index contributed by atoms with van der Waals surface area (Å²) in [5, 5.41) is 13.9. The van der Waals surface area contributed by atoms with Gasteiger partial charge in [-0.15, -0.1) is 0 Å². The fraction of sp³-hybridized carbons (Fsp3) is 0.500. The Morgan fingerprint density at radius 3 is 2.53 bits per heavy atom. The summed E-state index contributed by atoms with van der Waals surface area (Å²) in [6.07, 6.45) is 0.550. The lowest BCUT2D eigenvalue weighted by Crippen LogP contribution is -2.44. The number of anilines is 1. The van der Waals surface area contributed by atoms with Gasteiger partial charge in [0.15, 0.2) is 10.7 Å². The Hall–Kier alpha value is -1.47. The van der Waals surface area contributed by atoms with Crippen LogP contribution in [0.1, 0.15) is 13.8 Å². The van der Waals surface area contributed by atoms with Crippen LogP contribution < -0.4 is 9.80 Å². The molecule has 94 valence electrons. The predicted molar refractivity (Wildman–Crippen MR) is 69.5 cm³/mol. The zero-order valence-electron chi connectivity index (χ0n) is 10.1. The van der Waals surface area contributed by atoms with E-state index in [9.17, 15) is 14.9 Å². The number of nitro groups is 1. The van der Waals surface area contributed by atoms with Gasteiger partial charge in [0.25, 0.3) is 0 Å². The van der Waals surface area contributed by atoms with Gasteiger partial charge in [-0.2, -0.15) is 0 Å². The van der Waals surface area contributed by atoms with E-state index in [1.165, 1.54) is 0 Å². The van der Waals surface area contributed by atoms with Gasteiger partial charge in [-0.1, -0.05) is 0 Å². The number of carbonyl (C=O) groups excluding carboxylic acids is 1. The molecule has 0 aliphatic heterocycles. The van der Waals surface area contributed by atoms with Gasteiger partial charge in [-0.3, -0.25) is 19.4 Å². The Labute approximate surface area is 104 Å². The maximum Gasteiger partial charge on any atom is 0.332 e. The van der Waals surface area contributed by atoms with Crippen LogP contribution in [0.2, 0.25) is 0 Å². The van der Waals surface area contributed by atoms with Gasteiger partial charge < -0.3 is 5.32 Å². The average Bonchev–Trinajstić information content (AvgIpc) is 2.73. The van der Waals surface area contributed by atoms with E-state index in [1.807, 2.05) is 20.9 Å². The molecule has 0 unspecified atom stereocenters. The second kappa shape index (κ2) is 5.24. The zero-order valence-corrected chi connectivity index (χ0v) is 10.9. The molecule has 0 saturated carbocycles. The molecule has 7 heteroatoms. The van der Waals surface area contributed by atoms with Gasteiger partial charge in [0.2, 0.25) is 6.41 Å². The highest BCUT2D eigenvalue weighted by Gasteiger charge is 2.30. The zero-order chi connectivity index (χ0) is 13.1. The quantitative estimate of drug-likeness (QED) is 0.368. The third-order valence-electron chi connectivity index (χ3n) is 3.05. The average molecular weight is 258 g/mol. The van der Waals surface area contributed by atoms with Crippen molar-refractivity contribution in [3.05, 3.63) is 16.2 Å². The van der Waals surface area contributed by atoms with E-state index in [-0.39, 0.29) is 5.00 Å². The minimum atomic E-state index is -0.431. The third-order valence-corrected chi connectivity index (χ3v) is 4.05. The highest BCUT2D eigenvalue weighted by molar-refractivity contribution is 7.20. The fourth-order valence-electron chi connectivity index (χ4n) is 1.58. The van der Waals surface area contributed by atoms with Crippen LogP contribution in [-0.2, 0) is 4.79 Å². The van der Waals surface area contributed by atoms with Crippen LogP contribution in [-0.4, -0.2) is 31.5 Å². The first-order valence-electron chi connectivity index (χ1n) is 5.32. The molecule has 0 spiro atoms. The summed E-state index contributed by atoms with van der Waals surface area (Å²) in [7, 11) is 1.99. The summed E-state index contributed by atoms with van der Waals surface area (Å²) in [5.41, 5.74) is 0.791. The molecule has 6 nitrogen and oxygen atoms in total. The summed E-state index contributed by atoms with van der Waals surface area (Å²) in [6.45, 7) is 5.63. The molecule has 1 rings (SSSR count). The molecule has 0 bridgehead atoms. The van der Waals surface area contributed by atoms with Crippen LogP contribution in [0.3, 0.4) is 0 Å². The predicted octanol–water partition coefficient (Wildman–Crippen LogP) is 2.20. The first kappa shape index (κ1) is 13.6. The third kappa shape index (κ3) is 2.62. The number of rotatable bonds is 6. The Balaban J connectivity index is 3.28. The van der Waals surface area contributed by atoms with Crippen LogP contribution in [0.25, 0.3) is 0 Å². The largest absolute Gasteiger partial charge is 0.332 e. The molecule has 1 heterocycles. The lowest BCUT2D eigenvalue weighted by molar-refractivity contribution is -0.380. The number of nitrogens with zero attached hydrogens (tertiary/aromatic N) is 2. The number of hydrogen-bond donors (Lipinski definition) is 1. The van der Waals surface area contributed by atoms with E-state index >= 15 is 0 Å². The van der Waals surface area contributed by atoms with E-state index in [4.69, 9.17) is 0 Å². The van der Waals surface area contributed by atoms with E-state index in [1.54, 1.807) is 6.07 Å². The van der Waals surface area contributed by atoms with Crippen molar-refractivity contribution in [3.8, 4) is 0 Å². The first-order chi connectivity index (χ1) is 7.98. The number of hydrogen-bond acceptors (Lipinski definition) is 4. The Morgan fingerprint density at radius 2 is 2.12 bits per heavy atom. The first-order valence-corrected chi connectivity index (χ1v) is 6.13. The van der Waals surface area contributed by atoms with Crippen molar-refractivity contribution in [1.29, 1.82) is 0 Å². The van der Waals surface area contributed by atoms with E-state index in [2.05, 4.69) is 5.32 Å². The second-order valence-corrected chi connectivity index (χ2v) is 4.88. The van der Waals surface area contributed by atoms with Crippen molar-refractivity contribution in [1.82, 2.24) is 4.48 Å². The number of amides is 1. The molecule has 0 saturated heterocycles. The molecule has 17 heavy (non-hydrogen) atoms. The molecule has 1 amide bonds. The lowest BCUT2D eigenvalue weighted by atomic mass is 10.3. The van der Waals surface area contributed by atoms with E-state index in [0.717, 1.165) is 30.1 Å². The molecular formula is C10H16N3O3S+. The minimum absolute atomic E-state index is 0.0515. The molecule has 0 atom stereocenters. The summed E-state index contributed by atoms with van der Waals surface area (Å²) in [5.74, 6) is 0. The van der Waals surface area contributed by atoms with Gasteiger partial charge in [0.05, 0.1) is 31.1 Å². The van der Waals surface area contributed by atoms with Crippen molar-refractivity contribution in [3.63, 3.8) is 0 Å². The maximum absolute atomic E-state index is 10.8. The van der Waals surface area contributed by atoms with Gasteiger partial charge >= 0.3 is 5.00 Å². The van der Waals surface area contributed by atoms with Crippen molar-refractivity contribution in [2.24, 2.45) is 0 Å². The smallest absolute Gasteiger partial charge is 0.315 e. The highest BCUT2D eigenvalue weighted by atomic mass is 32.1. The Bertz CT molecular complexity index is 426.